The van der Waals surface area contributed by atoms with Gasteiger partial charge in [0.05, 0.1) is 29.8 Å². The maximum atomic E-state index is 11.2. The number of ether oxygens (including phenoxy) is 1. The average molecular weight is 365 g/mol. The molecule has 0 amide bonds. The number of carboxylic acids is 1. The van der Waals surface area contributed by atoms with Crippen LogP contribution in [0, 0.1) is 0 Å². The van der Waals surface area contributed by atoms with E-state index in [4.69, 9.17) is 4.74 Å². The fourth-order valence-electron chi connectivity index (χ4n) is 3.68. The summed E-state index contributed by atoms with van der Waals surface area (Å²) >= 11 is 0. The molecule has 1 saturated heterocycles. The number of morpholine rings is 1. The molecule has 0 aliphatic carbocycles. The predicted molar refractivity (Wildman–Crippen MR) is 104 cm³/mol. The lowest BCUT2D eigenvalue weighted by Gasteiger charge is -2.32. The molecule has 0 radical (unpaired) electrons. The van der Waals surface area contributed by atoms with E-state index < -0.39 is 5.97 Å². The van der Waals surface area contributed by atoms with Crippen molar-refractivity contribution >= 4 is 17.0 Å². The zero-order valence-electron chi connectivity index (χ0n) is 15.6. The molecule has 4 rings (SSSR count). The summed E-state index contributed by atoms with van der Waals surface area (Å²) in [7, 11) is 1.95. The van der Waals surface area contributed by atoms with Gasteiger partial charge in [-0.25, -0.2) is 9.78 Å². The Morgan fingerprint density at radius 3 is 2.52 bits per heavy atom. The molecular weight excluding hydrogens is 342 g/mol. The van der Waals surface area contributed by atoms with Crippen molar-refractivity contribution < 1.29 is 14.6 Å². The molecule has 1 aromatic heterocycles. The van der Waals surface area contributed by atoms with Crippen LogP contribution in [0.3, 0.4) is 0 Å². The summed E-state index contributed by atoms with van der Waals surface area (Å²) in [6.07, 6.45) is 0. The second-order valence-electron chi connectivity index (χ2n) is 6.95. The lowest BCUT2D eigenvalue weighted by atomic mass is 10.0. The summed E-state index contributed by atoms with van der Waals surface area (Å²) in [5.41, 5.74) is 4.15. The number of carboxylic acid groups (broad SMARTS) is 1. The van der Waals surface area contributed by atoms with Gasteiger partial charge >= 0.3 is 5.97 Å². The van der Waals surface area contributed by atoms with Crippen molar-refractivity contribution in [2.45, 2.75) is 13.0 Å². The van der Waals surface area contributed by atoms with Crippen molar-refractivity contribution in [2.75, 3.05) is 26.3 Å². The number of benzene rings is 2. The third kappa shape index (κ3) is 3.34. The van der Waals surface area contributed by atoms with Crippen molar-refractivity contribution in [1.29, 1.82) is 0 Å². The van der Waals surface area contributed by atoms with E-state index in [2.05, 4.69) is 41.1 Å². The van der Waals surface area contributed by atoms with Crippen LogP contribution in [-0.4, -0.2) is 51.8 Å². The molecule has 140 valence electrons. The number of aromatic nitrogens is 2. The van der Waals surface area contributed by atoms with Gasteiger partial charge in [-0.3, -0.25) is 4.90 Å². The minimum atomic E-state index is -0.939. The molecule has 2 aromatic carbocycles. The van der Waals surface area contributed by atoms with Crippen molar-refractivity contribution in [3.05, 3.63) is 53.6 Å². The van der Waals surface area contributed by atoms with Crippen LogP contribution in [0.5, 0.6) is 0 Å². The number of aromatic carboxylic acids is 1. The van der Waals surface area contributed by atoms with E-state index in [-0.39, 0.29) is 5.56 Å². The van der Waals surface area contributed by atoms with E-state index in [1.54, 1.807) is 12.1 Å². The highest BCUT2D eigenvalue weighted by atomic mass is 16.5. The predicted octanol–water partition coefficient (Wildman–Crippen LogP) is 3.33. The van der Waals surface area contributed by atoms with Crippen molar-refractivity contribution in [1.82, 2.24) is 14.5 Å². The van der Waals surface area contributed by atoms with E-state index in [9.17, 15) is 9.90 Å². The summed E-state index contributed by atoms with van der Waals surface area (Å²) < 4.78 is 7.44. The molecular formula is C21H23N3O3. The summed E-state index contributed by atoms with van der Waals surface area (Å²) in [5.74, 6) is -0.108. The van der Waals surface area contributed by atoms with E-state index in [0.29, 0.717) is 11.6 Å². The van der Waals surface area contributed by atoms with E-state index in [1.165, 1.54) is 5.56 Å². The molecule has 6 nitrogen and oxygen atoms in total. The third-order valence-electron chi connectivity index (χ3n) is 5.37. The minimum absolute atomic E-state index is 0.252. The van der Waals surface area contributed by atoms with Gasteiger partial charge in [0.2, 0.25) is 0 Å². The molecule has 1 fully saturated rings. The van der Waals surface area contributed by atoms with Gasteiger partial charge in [0.25, 0.3) is 0 Å². The molecule has 0 spiro atoms. The van der Waals surface area contributed by atoms with Crippen LogP contribution in [0.25, 0.3) is 22.4 Å². The SMILES string of the molecule is C[C@@H](c1ccc(-c2nc3cc(C(=O)O)ccc3n2C)cc1)N1CCOCC1. The summed E-state index contributed by atoms with van der Waals surface area (Å²) in [4.78, 5) is 18.3. The van der Waals surface area contributed by atoms with Crippen LogP contribution in [0.4, 0.5) is 0 Å². The Kier molecular flexibility index (Phi) is 4.68. The molecule has 3 aromatic rings. The summed E-state index contributed by atoms with van der Waals surface area (Å²) in [6.45, 7) is 5.73. The Morgan fingerprint density at radius 2 is 1.85 bits per heavy atom. The van der Waals surface area contributed by atoms with Gasteiger partial charge in [-0.2, -0.15) is 0 Å². The number of aryl methyl sites for hydroxylation is 1. The van der Waals surface area contributed by atoms with Crippen LogP contribution >= 0.6 is 0 Å². The maximum Gasteiger partial charge on any atom is 0.335 e. The Labute approximate surface area is 158 Å². The number of nitrogens with zero attached hydrogens (tertiary/aromatic N) is 3. The summed E-state index contributed by atoms with van der Waals surface area (Å²) in [6, 6.07) is 13.9. The number of rotatable bonds is 4. The highest BCUT2D eigenvalue weighted by Crippen LogP contribution is 2.27. The van der Waals surface area contributed by atoms with E-state index in [1.807, 2.05) is 17.7 Å². The third-order valence-corrected chi connectivity index (χ3v) is 5.37. The first-order chi connectivity index (χ1) is 13.0. The van der Waals surface area contributed by atoms with Crippen LogP contribution in [0.1, 0.15) is 28.9 Å². The molecule has 0 bridgehead atoms. The first kappa shape index (κ1) is 17.7. The van der Waals surface area contributed by atoms with Gasteiger partial charge in [0, 0.05) is 31.7 Å². The monoisotopic (exact) mass is 365 g/mol. The molecule has 0 unspecified atom stereocenters. The Bertz CT molecular complexity index is 972. The first-order valence-corrected chi connectivity index (χ1v) is 9.16. The highest BCUT2D eigenvalue weighted by molar-refractivity contribution is 5.93. The number of imidazole rings is 1. The highest BCUT2D eigenvalue weighted by Gasteiger charge is 2.19. The Hall–Kier alpha value is -2.70. The van der Waals surface area contributed by atoms with Gasteiger partial charge in [-0.15, -0.1) is 0 Å². The van der Waals surface area contributed by atoms with Crippen molar-refractivity contribution in [3.63, 3.8) is 0 Å². The maximum absolute atomic E-state index is 11.2. The van der Waals surface area contributed by atoms with Crippen LogP contribution in [-0.2, 0) is 11.8 Å². The van der Waals surface area contributed by atoms with E-state index in [0.717, 1.165) is 43.2 Å². The number of hydrogen-bond acceptors (Lipinski definition) is 4. The zero-order chi connectivity index (χ0) is 19.0. The first-order valence-electron chi connectivity index (χ1n) is 9.16. The van der Waals surface area contributed by atoms with Crippen LogP contribution < -0.4 is 0 Å². The second-order valence-corrected chi connectivity index (χ2v) is 6.95. The van der Waals surface area contributed by atoms with Gasteiger partial charge in [0.15, 0.2) is 0 Å². The second kappa shape index (κ2) is 7.13. The molecule has 1 N–H and O–H groups in total. The number of carbonyl (C=O) groups is 1. The molecule has 0 saturated carbocycles. The fourth-order valence-corrected chi connectivity index (χ4v) is 3.68. The molecule has 27 heavy (non-hydrogen) atoms. The largest absolute Gasteiger partial charge is 0.478 e. The molecule has 1 aliphatic rings. The number of fused-ring (bicyclic) bond motifs is 1. The Morgan fingerprint density at radius 1 is 1.15 bits per heavy atom. The topological polar surface area (TPSA) is 67.6 Å². The van der Waals surface area contributed by atoms with E-state index >= 15 is 0 Å². The normalized spacial score (nSPS) is 16.5. The smallest absolute Gasteiger partial charge is 0.335 e. The van der Waals surface area contributed by atoms with Crippen molar-refractivity contribution in [3.8, 4) is 11.4 Å². The summed E-state index contributed by atoms with van der Waals surface area (Å²) in [5, 5.41) is 9.18. The average Bonchev–Trinajstić information content (AvgIpc) is 3.04. The molecule has 6 heteroatoms. The lowest BCUT2D eigenvalue weighted by molar-refractivity contribution is 0.0198. The van der Waals surface area contributed by atoms with Gasteiger partial charge in [-0.05, 0) is 30.7 Å². The van der Waals surface area contributed by atoms with Crippen molar-refractivity contribution in [2.24, 2.45) is 7.05 Å². The van der Waals surface area contributed by atoms with Gasteiger partial charge < -0.3 is 14.4 Å². The molecule has 1 aliphatic heterocycles. The van der Waals surface area contributed by atoms with Gasteiger partial charge in [-0.1, -0.05) is 24.3 Å². The minimum Gasteiger partial charge on any atom is -0.478 e. The molecule has 1 atom stereocenters. The zero-order valence-corrected chi connectivity index (χ0v) is 15.6. The number of hydrogen-bond donors (Lipinski definition) is 1. The quantitative estimate of drug-likeness (QED) is 0.768. The van der Waals surface area contributed by atoms with Crippen LogP contribution in [0.2, 0.25) is 0 Å². The Balaban J connectivity index is 1.63. The lowest BCUT2D eigenvalue weighted by Crippen LogP contribution is -2.37. The molecule has 2 heterocycles. The van der Waals surface area contributed by atoms with Gasteiger partial charge in [0.1, 0.15) is 5.82 Å². The van der Waals surface area contributed by atoms with Crippen LogP contribution in [0.15, 0.2) is 42.5 Å². The fraction of sp³-hybridized carbons (Fsp3) is 0.333. The standard InChI is InChI=1S/C21H23N3O3/c1-14(24-9-11-27-12-10-24)15-3-5-16(6-4-15)20-22-18-13-17(21(25)26)7-8-19(18)23(20)2/h3-8,13-14H,9-12H2,1-2H3,(H,25,26)/t14-/m0/s1.